The van der Waals surface area contributed by atoms with E-state index in [-0.39, 0.29) is 11.9 Å². The molecule has 0 bridgehead atoms. The molecule has 0 aliphatic carbocycles. The molecule has 3 rings (SSSR count). The van der Waals surface area contributed by atoms with Crippen molar-refractivity contribution in [2.75, 3.05) is 5.32 Å². The highest BCUT2D eigenvalue weighted by molar-refractivity contribution is 7.09. The highest BCUT2D eigenvalue weighted by Crippen LogP contribution is 2.17. The summed E-state index contributed by atoms with van der Waals surface area (Å²) in [6.45, 7) is 4.57. The van der Waals surface area contributed by atoms with E-state index in [4.69, 9.17) is 0 Å². The standard InChI is InChI=1S/C17H18N4OS2/c1-11-10-24-15(20-11)9-19-14-5-3-4-13(8-14)16(22)21-12(2)17-18-6-7-23-17/h3-8,10,12,19H,9H2,1-2H3,(H,21,22). The summed E-state index contributed by atoms with van der Waals surface area (Å²) >= 11 is 3.16. The van der Waals surface area contributed by atoms with Crippen LogP contribution in [0, 0.1) is 6.92 Å². The lowest BCUT2D eigenvalue weighted by Gasteiger charge is -2.12. The van der Waals surface area contributed by atoms with E-state index in [9.17, 15) is 4.79 Å². The van der Waals surface area contributed by atoms with Crippen molar-refractivity contribution in [1.29, 1.82) is 0 Å². The first-order valence-corrected chi connectivity index (χ1v) is 9.33. The summed E-state index contributed by atoms with van der Waals surface area (Å²) in [5.41, 5.74) is 2.55. The van der Waals surface area contributed by atoms with Crippen molar-refractivity contribution in [2.45, 2.75) is 26.4 Å². The van der Waals surface area contributed by atoms with Crippen LogP contribution in [0.5, 0.6) is 0 Å². The summed E-state index contributed by atoms with van der Waals surface area (Å²) in [5, 5.41) is 12.1. The zero-order valence-electron chi connectivity index (χ0n) is 13.4. The van der Waals surface area contributed by atoms with Gasteiger partial charge < -0.3 is 10.6 Å². The first-order chi connectivity index (χ1) is 11.6. The minimum absolute atomic E-state index is 0.104. The molecule has 0 saturated heterocycles. The van der Waals surface area contributed by atoms with Crippen molar-refractivity contribution in [3.8, 4) is 0 Å². The fraction of sp³-hybridized carbons (Fsp3) is 0.235. The summed E-state index contributed by atoms with van der Waals surface area (Å²) < 4.78 is 0. The minimum atomic E-state index is -0.105. The van der Waals surface area contributed by atoms with E-state index in [2.05, 4.69) is 20.6 Å². The summed E-state index contributed by atoms with van der Waals surface area (Å²) in [5.74, 6) is -0.105. The van der Waals surface area contributed by atoms with Gasteiger partial charge in [-0.1, -0.05) is 6.07 Å². The van der Waals surface area contributed by atoms with Crippen LogP contribution in [0.15, 0.2) is 41.2 Å². The van der Waals surface area contributed by atoms with Gasteiger partial charge in [-0.2, -0.15) is 0 Å². The molecule has 2 aromatic heterocycles. The zero-order chi connectivity index (χ0) is 16.9. The number of aromatic nitrogens is 2. The highest BCUT2D eigenvalue weighted by Gasteiger charge is 2.13. The molecule has 124 valence electrons. The van der Waals surface area contributed by atoms with Gasteiger partial charge in [0.25, 0.3) is 5.91 Å². The van der Waals surface area contributed by atoms with Crippen LogP contribution in [0.1, 0.15) is 39.0 Å². The van der Waals surface area contributed by atoms with Gasteiger partial charge >= 0.3 is 0 Å². The Bertz CT molecular complexity index is 814. The number of benzene rings is 1. The van der Waals surface area contributed by atoms with Gasteiger partial charge in [-0.25, -0.2) is 9.97 Å². The SMILES string of the molecule is Cc1csc(CNc2cccc(C(=O)NC(C)c3nccs3)c2)n1. The van der Waals surface area contributed by atoms with Crippen molar-refractivity contribution in [3.05, 3.63) is 62.5 Å². The van der Waals surface area contributed by atoms with Gasteiger partial charge in [0.05, 0.1) is 12.6 Å². The Morgan fingerprint density at radius 1 is 1.33 bits per heavy atom. The van der Waals surface area contributed by atoms with Crippen LogP contribution in [0.2, 0.25) is 0 Å². The number of amides is 1. The maximum absolute atomic E-state index is 12.4. The third-order valence-electron chi connectivity index (χ3n) is 3.40. The van der Waals surface area contributed by atoms with Crippen LogP contribution in [0.4, 0.5) is 5.69 Å². The molecule has 1 unspecified atom stereocenters. The maximum Gasteiger partial charge on any atom is 0.251 e. The number of hydrogen-bond acceptors (Lipinski definition) is 6. The summed E-state index contributed by atoms with van der Waals surface area (Å²) in [6, 6.07) is 7.37. The fourth-order valence-corrected chi connectivity index (χ4v) is 3.58. The lowest BCUT2D eigenvalue weighted by Crippen LogP contribution is -2.26. The number of carbonyl (C=O) groups is 1. The van der Waals surface area contributed by atoms with E-state index < -0.39 is 0 Å². The predicted octanol–water partition coefficient (Wildman–Crippen LogP) is 4.01. The normalized spacial score (nSPS) is 11.9. The molecule has 5 nitrogen and oxygen atoms in total. The van der Waals surface area contributed by atoms with Gasteiger partial charge in [0.2, 0.25) is 0 Å². The van der Waals surface area contributed by atoms with Gasteiger partial charge in [-0.3, -0.25) is 4.79 Å². The lowest BCUT2D eigenvalue weighted by atomic mass is 10.1. The molecule has 0 aliphatic heterocycles. The monoisotopic (exact) mass is 358 g/mol. The van der Waals surface area contributed by atoms with Crippen LogP contribution in [0.3, 0.4) is 0 Å². The van der Waals surface area contributed by atoms with Crippen LogP contribution >= 0.6 is 22.7 Å². The molecule has 0 saturated carbocycles. The molecule has 0 aliphatic rings. The average molecular weight is 358 g/mol. The molecule has 0 fully saturated rings. The van der Waals surface area contributed by atoms with Gasteiger partial charge in [-0.05, 0) is 32.0 Å². The Morgan fingerprint density at radius 3 is 2.92 bits per heavy atom. The topological polar surface area (TPSA) is 66.9 Å². The Balaban J connectivity index is 1.62. The second-order valence-corrected chi connectivity index (χ2v) is 7.25. The highest BCUT2D eigenvalue weighted by atomic mass is 32.1. The fourth-order valence-electron chi connectivity index (χ4n) is 2.22. The van der Waals surface area contributed by atoms with Gasteiger partial charge in [0.1, 0.15) is 10.0 Å². The van der Waals surface area contributed by atoms with Crippen molar-refractivity contribution >= 4 is 34.3 Å². The number of nitrogens with one attached hydrogen (secondary N) is 2. The number of rotatable bonds is 6. The molecule has 0 radical (unpaired) electrons. The molecule has 1 aromatic carbocycles. The summed E-state index contributed by atoms with van der Waals surface area (Å²) in [4.78, 5) is 21.1. The van der Waals surface area contributed by atoms with Crippen LogP contribution in [-0.4, -0.2) is 15.9 Å². The van der Waals surface area contributed by atoms with Crippen LogP contribution in [-0.2, 0) is 6.54 Å². The molecular formula is C17H18N4OS2. The molecular weight excluding hydrogens is 340 g/mol. The Hall–Kier alpha value is -2.25. The number of thiazole rings is 2. The second kappa shape index (κ2) is 7.55. The Kier molecular flexibility index (Phi) is 5.22. The number of nitrogens with zero attached hydrogens (tertiary/aromatic N) is 2. The molecule has 2 N–H and O–H groups in total. The Morgan fingerprint density at radius 2 is 2.21 bits per heavy atom. The van der Waals surface area contributed by atoms with E-state index in [0.29, 0.717) is 12.1 Å². The van der Waals surface area contributed by atoms with E-state index in [1.807, 2.05) is 48.9 Å². The number of aryl methyl sites for hydroxylation is 1. The van der Waals surface area contributed by atoms with E-state index >= 15 is 0 Å². The molecule has 2 heterocycles. The first-order valence-electron chi connectivity index (χ1n) is 7.57. The predicted molar refractivity (Wildman–Crippen MR) is 98.6 cm³/mol. The van der Waals surface area contributed by atoms with E-state index in [1.165, 1.54) is 11.3 Å². The van der Waals surface area contributed by atoms with Crippen molar-refractivity contribution < 1.29 is 4.79 Å². The van der Waals surface area contributed by atoms with Gasteiger partial charge in [0, 0.05) is 33.9 Å². The summed E-state index contributed by atoms with van der Waals surface area (Å²) in [6.07, 6.45) is 1.74. The van der Waals surface area contributed by atoms with Gasteiger partial charge in [0.15, 0.2) is 0 Å². The number of anilines is 1. The van der Waals surface area contributed by atoms with Gasteiger partial charge in [-0.15, -0.1) is 22.7 Å². The number of carbonyl (C=O) groups excluding carboxylic acids is 1. The third kappa shape index (κ3) is 4.18. The Labute approximate surface area is 148 Å². The number of hydrogen-bond donors (Lipinski definition) is 2. The van der Waals surface area contributed by atoms with E-state index in [1.54, 1.807) is 17.5 Å². The van der Waals surface area contributed by atoms with Crippen molar-refractivity contribution in [3.63, 3.8) is 0 Å². The molecule has 24 heavy (non-hydrogen) atoms. The molecule has 1 amide bonds. The first kappa shape index (κ1) is 16.6. The minimum Gasteiger partial charge on any atom is -0.379 e. The zero-order valence-corrected chi connectivity index (χ0v) is 15.1. The quantitative estimate of drug-likeness (QED) is 0.699. The van der Waals surface area contributed by atoms with Crippen molar-refractivity contribution in [1.82, 2.24) is 15.3 Å². The maximum atomic E-state index is 12.4. The third-order valence-corrected chi connectivity index (χ3v) is 5.33. The lowest BCUT2D eigenvalue weighted by molar-refractivity contribution is 0.0940. The van der Waals surface area contributed by atoms with Crippen LogP contribution < -0.4 is 10.6 Å². The average Bonchev–Trinajstić information content (AvgIpc) is 3.25. The molecule has 3 aromatic rings. The largest absolute Gasteiger partial charge is 0.379 e. The second-order valence-electron chi connectivity index (χ2n) is 5.38. The van der Waals surface area contributed by atoms with E-state index in [0.717, 1.165) is 21.4 Å². The molecule has 7 heteroatoms. The molecule has 1 atom stereocenters. The molecule has 0 spiro atoms. The summed E-state index contributed by atoms with van der Waals surface area (Å²) in [7, 11) is 0. The van der Waals surface area contributed by atoms with Crippen molar-refractivity contribution in [2.24, 2.45) is 0 Å². The van der Waals surface area contributed by atoms with Crippen LogP contribution in [0.25, 0.3) is 0 Å². The smallest absolute Gasteiger partial charge is 0.251 e.